The molecule has 0 bridgehead atoms. The van der Waals surface area contributed by atoms with Crippen LogP contribution in [0.5, 0.6) is 0 Å². The Hall–Kier alpha value is -1.43. The fraction of sp³-hybridized carbons (Fsp3) is 0.615. The van der Waals surface area contributed by atoms with Gasteiger partial charge in [0.1, 0.15) is 0 Å². The van der Waals surface area contributed by atoms with E-state index in [1.54, 1.807) is 11.3 Å². The Morgan fingerprint density at radius 3 is 2.68 bits per heavy atom. The number of thiazole rings is 1. The minimum atomic E-state index is -0.816. The molecular weight excluding hydrogens is 264 g/mol. The van der Waals surface area contributed by atoms with Crippen LogP contribution in [0.3, 0.4) is 0 Å². The maximum absolute atomic E-state index is 11.7. The lowest BCUT2D eigenvalue weighted by Gasteiger charge is -2.11. The summed E-state index contributed by atoms with van der Waals surface area (Å²) in [5.74, 6) is -0.868. The molecule has 106 valence electrons. The zero-order valence-corrected chi connectivity index (χ0v) is 12.1. The van der Waals surface area contributed by atoms with Gasteiger partial charge in [0.15, 0.2) is 0 Å². The Labute approximate surface area is 117 Å². The third-order valence-corrected chi connectivity index (χ3v) is 3.75. The summed E-state index contributed by atoms with van der Waals surface area (Å²) < 4.78 is 0. The number of carboxylic acid groups (broad SMARTS) is 1. The van der Waals surface area contributed by atoms with Crippen LogP contribution in [0.2, 0.25) is 0 Å². The van der Waals surface area contributed by atoms with Gasteiger partial charge in [-0.3, -0.25) is 9.59 Å². The van der Waals surface area contributed by atoms with Crippen molar-refractivity contribution in [2.75, 3.05) is 0 Å². The normalized spacial score (nSPS) is 12.1. The summed E-state index contributed by atoms with van der Waals surface area (Å²) in [6, 6.07) is -0.0940. The lowest BCUT2D eigenvalue weighted by molar-refractivity contribution is -0.137. The highest BCUT2D eigenvalue weighted by atomic mass is 32.1. The highest BCUT2D eigenvalue weighted by Crippen LogP contribution is 2.17. The minimum absolute atomic E-state index is 0.0519. The molecule has 1 rings (SSSR count). The van der Waals surface area contributed by atoms with Crippen molar-refractivity contribution in [3.05, 3.63) is 16.1 Å². The zero-order valence-electron chi connectivity index (χ0n) is 11.3. The van der Waals surface area contributed by atoms with E-state index < -0.39 is 5.97 Å². The highest BCUT2D eigenvalue weighted by Gasteiger charge is 2.12. The molecule has 0 aliphatic carbocycles. The van der Waals surface area contributed by atoms with Crippen LogP contribution in [0.15, 0.2) is 5.38 Å². The highest BCUT2D eigenvalue weighted by molar-refractivity contribution is 7.09. The van der Waals surface area contributed by atoms with Gasteiger partial charge in [-0.25, -0.2) is 4.98 Å². The van der Waals surface area contributed by atoms with Crippen LogP contribution in [-0.4, -0.2) is 22.0 Å². The number of hydrogen-bond acceptors (Lipinski definition) is 4. The van der Waals surface area contributed by atoms with Gasteiger partial charge in [-0.2, -0.15) is 0 Å². The molecule has 1 amide bonds. The van der Waals surface area contributed by atoms with Crippen molar-refractivity contribution in [1.29, 1.82) is 0 Å². The molecule has 1 aromatic heterocycles. The number of rotatable bonds is 8. The van der Waals surface area contributed by atoms with Crippen molar-refractivity contribution in [3.63, 3.8) is 0 Å². The van der Waals surface area contributed by atoms with Crippen LogP contribution >= 0.6 is 11.3 Å². The maximum Gasteiger partial charge on any atom is 0.303 e. The van der Waals surface area contributed by atoms with Crippen LogP contribution < -0.4 is 5.32 Å². The largest absolute Gasteiger partial charge is 0.481 e. The quantitative estimate of drug-likeness (QED) is 0.719. The van der Waals surface area contributed by atoms with E-state index in [2.05, 4.69) is 10.3 Å². The molecule has 5 nitrogen and oxygen atoms in total. The summed E-state index contributed by atoms with van der Waals surface area (Å²) in [4.78, 5) is 26.4. The molecule has 0 aromatic carbocycles. The second kappa shape index (κ2) is 7.89. The van der Waals surface area contributed by atoms with Crippen molar-refractivity contribution in [3.8, 4) is 0 Å². The van der Waals surface area contributed by atoms with Crippen molar-refractivity contribution in [1.82, 2.24) is 10.3 Å². The fourth-order valence-electron chi connectivity index (χ4n) is 1.64. The first-order valence-electron chi connectivity index (χ1n) is 6.48. The Kier molecular flexibility index (Phi) is 6.49. The number of unbranched alkanes of at least 4 members (excludes halogenated alkanes) is 1. The van der Waals surface area contributed by atoms with Gasteiger partial charge in [-0.1, -0.05) is 6.92 Å². The van der Waals surface area contributed by atoms with E-state index in [1.807, 2.05) is 19.2 Å². The topological polar surface area (TPSA) is 79.3 Å². The Balaban J connectivity index is 2.29. The number of nitrogens with one attached hydrogen (secondary N) is 1. The molecule has 0 saturated heterocycles. The molecule has 1 heterocycles. The lowest BCUT2D eigenvalue weighted by atomic mass is 10.1. The van der Waals surface area contributed by atoms with Gasteiger partial charge >= 0.3 is 5.97 Å². The van der Waals surface area contributed by atoms with Gasteiger partial charge in [0.05, 0.1) is 16.7 Å². The van der Waals surface area contributed by atoms with E-state index in [0.29, 0.717) is 19.3 Å². The molecule has 6 heteroatoms. The van der Waals surface area contributed by atoms with Crippen molar-refractivity contribution < 1.29 is 14.7 Å². The molecule has 0 spiro atoms. The molecule has 0 radical (unpaired) electrons. The number of aryl methyl sites for hydroxylation is 1. The molecule has 2 N–H and O–H groups in total. The fourth-order valence-corrected chi connectivity index (χ4v) is 2.47. The molecule has 0 aliphatic rings. The molecule has 0 saturated carbocycles. The molecular formula is C13H20N2O3S. The average Bonchev–Trinajstić information content (AvgIpc) is 2.83. The van der Waals surface area contributed by atoms with E-state index in [9.17, 15) is 9.59 Å². The summed E-state index contributed by atoms with van der Waals surface area (Å²) in [5, 5.41) is 14.4. The summed E-state index contributed by atoms with van der Waals surface area (Å²) in [7, 11) is 0. The molecule has 1 atom stereocenters. The van der Waals surface area contributed by atoms with Crippen LogP contribution in [-0.2, 0) is 16.0 Å². The predicted octanol–water partition coefficient (Wildman–Crippen LogP) is 2.53. The van der Waals surface area contributed by atoms with Crippen molar-refractivity contribution in [2.24, 2.45) is 0 Å². The number of hydrogen-bond donors (Lipinski definition) is 2. The SMILES string of the molecule is CCc1nc(C(C)NC(=O)CCCCC(=O)O)cs1. The molecule has 19 heavy (non-hydrogen) atoms. The first kappa shape index (κ1) is 15.6. The Morgan fingerprint density at radius 2 is 2.11 bits per heavy atom. The van der Waals surface area contributed by atoms with Gasteiger partial charge in [0.25, 0.3) is 0 Å². The molecule has 1 unspecified atom stereocenters. The van der Waals surface area contributed by atoms with Gasteiger partial charge in [-0.15, -0.1) is 11.3 Å². The van der Waals surface area contributed by atoms with E-state index in [4.69, 9.17) is 5.11 Å². The summed E-state index contributed by atoms with van der Waals surface area (Å²) in [6.07, 6.45) is 2.52. The number of carbonyl (C=O) groups excluding carboxylic acids is 1. The van der Waals surface area contributed by atoms with Crippen LogP contribution in [0.25, 0.3) is 0 Å². The van der Waals surface area contributed by atoms with E-state index in [1.165, 1.54) is 0 Å². The Morgan fingerprint density at radius 1 is 1.42 bits per heavy atom. The van der Waals surface area contributed by atoms with Gasteiger partial charge in [-0.05, 0) is 26.2 Å². The van der Waals surface area contributed by atoms with E-state index in [0.717, 1.165) is 17.1 Å². The number of amides is 1. The van der Waals surface area contributed by atoms with Gasteiger partial charge < -0.3 is 10.4 Å². The molecule has 0 aliphatic heterocycles. The second-order valence-electron chi connectivity index (χ2n) is 4.41. The molecule has 1 aromatic rings. The minimum Gasteiger partial charge on any atom is -0.481 e. The summed E-state index contributed by atoms with van der Waals surface area (Å²) in [6.45, 7) is 3.96. The predicted molar refractivity (Wildman–Crippen MR) is 74.2 cm³/mol. The maximum atomic E-state index is 11.7. The number of carboxylic acids is 1. The number of aliphatic carboxylic acids is 1. The van der Waals surface area contributed by atoms with Crippen LogP contribution in [0, 0.1) is 0 Å². The van der Waals surface area contributed by atoms with Crippen molar-refractivity contribution in [2.45, 2.75) is 52.0 Å². The van der Waals surface area contributed by atoms with Crippen LogP contribution in [0.4, 0.5) is 0 Å². The first-order chi connectivity index (χ1) is 9.02. The summed E-state index contributed by atoms with van der Waals surface area (Å²) in [5.41, 5.74) is 0.890. The van der Waals surface area contributed by atoms with Gasteiger partial charge in [0, 0.05) is 18.2 Å². The number of aromatic nitrogens is 1. The van der Waals surface area contributed by atoms with E-state index >= 15 is 0 Å². The standard InChI is InChI=1S/C13H20N2O3S/c1-3-12-15-10(8-19-12)9(2)14-11(16)6-4-5-7-13(17)18/h8-9H,3-7H2,1-2H3,(H,14,16)(H,17,18). The summed E-state index contributed by atoms with van der Waals surface area (Å²) >= 11 is 1.60. The number of carbonyl (C=O) groups is 2. The zero-order chi connectivity index (χ0) is 14.3. The Bertz CT molecular complexity index is 431. The average molecular weight is 284 g/mol. The van der Waals surface area contributed by atoms with Gasteiger partial charge in [0.2, 0.25) is 5.91 Å². The smallest absolute Gasteiger partial charge is 0.303 e. The third-order valence-electron chi connectivity index (χ3n) is 2.74. The molecule has 0 fully saturated rings. The third kappa shape index (κ3) is 5.83. The van der Waals surface area contributed by atoms with Crippen LogP contribution in [0.1, 0.15) is 56.3 Å². The van der Waals surface area contributed by atoms with Crippen molar-refractivity contribution >= 4 is 23.2 Å². The monoisotopic (exact) mass is 284 g/mol. The van der Waals surface area contributed by atoms with E-state index in [-0.39, 0.29) is 18.4 Å². The lowest BCUT2D eigenvalue weighted by Crippen LogP contribution is -2.26. The number of nitrogens with zero attached hydrogens (tertiary/aromatic N) is 1. The second-order valence-corrected chi connectivity index (χ2v) is 5.35. The first-order valence-corrected chi connectivity index (χ1v) is 7.36.